The van der Waals surface area contributed by atoms with E-state index in [1.165, 1.54) is 6.08 Å². The second-order valence-corrected chi connectivity index (χ2v) is 5.20. The van der Waals surface area contributed by atoms with E-state index in [0.717, 1.165) is 0 Å². The van der Waals surface area contributed by atoms with Crippen LogP contribution in [-0.2, 0) is 4.79 Å². The topological polar surface area (TPSA) is 93.4 Å². The number of nitrogens with one attached hydrogen (secondary N) is 2. The minimum atomic E-state index is -0.617. The highest BCUT2D eigenvalue weighted by molar-refractivity contribution is 6.30. The molecule has 0 fully saturated rings. The molecule has 0 unspecified atom stereocenters. The van der Waals surface area contributed by atoms with Gasteiger partial charge in [-0.3, -0.25) is 15.0 Å². The number of ether oxygens (including phenoxy) is 1. The normalized spacial score (nSPS) is 10.9. The Morgan fingerprint density at radius 3 is 2.25 bits per heavy atom. The van der Waals surface area contributed by atoms with Crippen molar-refractivity contribution in [2.75, 3.05) is 7.11 Å². The van der Waals surface area contributed by atoms with Crippen LogP contribution in [0.4, 0.5) is 0 Å². The first-order chi connectivity index (χ1) is 11.5. The van der Waals surface area contributed by atoms with E-state index < -0.39 is 11.8 Å². The van der Waals surface area contributed by atoms with Crippen molar-refractivity contribution in [3.05, 3.63) is 70.4 Å². The SMILES string of the molecule is COc1ccc(/C=C(/NC(=O)c2ccc(Cl)cc2)C(=O)NN)cc1. The summed E-state index contributed by atoms with van der Waals surface area (Å²) in [6.45, 7) is 0. The van der Waals surface area contributed by atoms with Crippen molar-refractivity contribution in [2.24, 2.45) is 5.84 Å². The molecular weight excluding hydrogens is 330 g/mol. The number of carbonyl (C=O) groups is 2. The number of hydrazine groups is 1. The number of carbonyl (C=O) groups excluding carboxylic acids is 2. The van der Waals surface area contributed by atoms with Gasteiger partial charge >= 0.3 is 0 Å². The quantitative estimate of drug-likeness (QED) is 0.335. The third kappa shape index (κ3) is 4.58. The van der Waals surface area contributed by atoms with Crippen molar-refractivity contribution in [3.63, 3.8) is 0 Å². The van der Waals surface area contributed by atoms with E-state index in [0.29, 0.717) is 21.9 Å². The average Bonchev–Trinajstić information content (AvgIpc) is 2.61. The molecule has 0 heterocycles. The third-order valence-corrected chi connectivity index (χ3v) is 3.41. The number of benzene rings is 2. The molecule has 24 heavy (non-hydrogen) atoms. The Morgan fingerprint density at radius 1 is 1.08 bits per heavy atom. The Labute approximate surface area is 144 Å². The van der Waals surface area contributed by atoms with Crippen LogP contribution in [0.1, 0.15) is 15.9 Å². The number of hydrogen-bond donors (Lipinski definition) is 3. The second kappa shape index (κ2) is 8.14. The zero-order valence-electron chi connectivity index (χ0n) is 12.9. The molecule has 0 aliphatic heterocycles. The maximum atomic E-state index is 12.2. The van der Waals surface area contributed by atoms with E-state index in [1.807, 2.05) is 5.43 Å². The summed E-state index contributed by atoms with van der Waals surface area (Å²) in [6.07, 6.45) is 1.51. The monoisotopic (exact) mass is 345 g/mol. The van der Waals surface area contributed by atoms with Gasteiger partial charge in [-0.1, -0.05) is 23.7 Å². The highest BCUT2D eigenvalue weighted by Crippen LogP contribution is 2.14. The molecule has 7 heteroatoms. The standard InChI is InChI=1S/C17H16ClN3O3/c1-24-14-8-2-11(3-9-14)10-15(17(23)21-19)20-16(22)12-4-6-13(18)7-5-12/h2-10H,19H2,1H3,(H,20,22)(H,21,23)/b15-10+. The first kappa shape index (κ1) is 17.5. The van der Waals surface area contributed by atoms with Crippen molar-refractivity contribution >= 4 is 29.5 Å². The van der Waals surface area contributed by atoms with Gasteiger partial charge in [-0.05, 0) is 48.0 Å². The number of nitrogens with two attached hydrogens (primary N) is 1. The molecule has 4 N–H and O–H groups in total. The molecule has 0 aromatic heterocycles. The Morgan fingerprint density at radius 2 is 1.71 bits per heavy atom. The van der Waals surface area contributed by atoms with E-state index in [9.17, 15) is 9.59 Å². The van der Waals surface area contributed by atoms with Gasteiger partial charge in [0, 0.05) is 10.6 Å². The fourth-order valence-electron chi connectivity index (χ4n) is 1.90. The number of amides is 2. The summed E-state index contributed by atoms with van der Waals surface area (Å²) in [5.41, 5.74) is 3.09. The first-order valence-electron chi connectivity index (χ1n) is 6.97. The maximum absolute atomic E-state index is 12.2. The zero-order chi connectivity index (χ0) is 17.5. The molecule has 0 atom stereocenters. The molecule has 0 saturated heterocycles. The molecule has 2 rings (SSSR count). The van der Waals surface area contributed by atoms with Gasteiger partial charge in [0.15, 0.2) is 0 Å². The molecule has 0 bridgehead atoms. The maximum Gasteiger partial charge on any atom is 0.281 e. The van der Waals surface area contributed by atoms with Gasteiger partial charge in [0.25, 0.3) is 11.8 Å². The molecule has 0 aliphatic rings. The lowest BCUT2D eigenvalue weighted by molar-refractivity contribution is -0.117. The summed E-state index contributed by atoms with van der Waals surface area (Å²) >= 11 is 5.79. The van der Waals surface area contributed by atoms with Gasteiger partial charge in [-0.25, -0.2) is 5.84 Å². The fourth-order valence-corrected chi connectivity index (χ4v) is 2.02. The zero-order valence-corrected chi connectivity index (χ0v) is 13.6. The van der Waals surface area contributed by atoms with Crippen LogP contribution < -0.4 is 21.3 Å². The molecular formula is C17H16ClN3O3. The van der Waals surface area contributed by atoms with Gasteiger partial charge < -0.3 is 10.1 Å². The summed E-state index contributed by atoms with van der Waals surface area (Å²) in [5.74, 6) is 4.79. The molecule has 2 amide bonds. The minimum Gasteiger partial charge on any atom is -0.497 e. The van der Waals surface area contributed by atoms with Gasteiger partial charge in [-0.2, -0.15) is 0 Å². The van der Waals surface area contributed by atoms with Crippen molar-refractivity contribution in [3.8, 4) is 5.75 Å². The first-order valence-corrected chi connectivity index (χ1v) is 7.35. The predicted molar refractivity (Wildman–Crippen MR) is 92.2 cm³/mol. The molecule has 6 nitrogen and oxygen atoms in total. The summed E-state index contributed by atoms with van der Waals surface area (Å²) < 4.78 is 5.07. The van der Waals surface area contributed by atoms with Crippen LogP contribution in [0.25, 0.3) is 6.08 Å². The Bertz CT molecular complexity index is 756. The van der Waals surface area contributed by atoms with Crippen molar-refractivity contribution < 1.29 is 14.3 Å². The van der Waals surface area contributed by atoms with E-state index in [4.69, 9.17) is 22.2 Å². The minimum absolute atomic E-state index is 0.0163. The lowest BCUT2D eigenvalue weighted by Gasteiger charge is -2.09. The largest absolute Gasteiger partial charge is 0.497 e. The second-order valence-electron chi connectivity index (χ2n) is 4.77. The van der Waals surface area contributed by atoms with Crippen LogP contribution in [0.15, 0.2) is 54.2 Å². The van der Waals surface area contributed by atoms with Crippen LogP contribution >= 0.6 is 11.6 Å². The number of methoxy groups -OCH3 is 1. The summed E-state index contributed by atoms with van der Waals surface area (Å²) in [4.78, 5) is 24.1. The van der Waals surface area contributed by atoms with Gasteiger partial charge in [0.05, 0.1) is 7.11 Å². The fraction of sp³-hybridized carbons (Fsp3) is 0.0588. The van der Waals surface area contributed by atoms with Gasteiger partial charge in [0.2, 0.25) is 0 Å². The van der Waals surface area contributed by atoms with Crippen LogP contribution in [0.3, 0.4) is 0 Å². The lowest BCUT2D eigenvalue weighted by Crippen LogP contribution is -2.38. The van der Waals surface area contributed by atoms with Gasteiger partial charge in [0.1, 0.15) is 11.4 Å². The molecule has 0 aliphatic carbocycles. The molecule has 0 saturated carbocycles. The third-order valence-electron chi connectivity index (χ3n) is 3.16. The van der Waals surface area contributed by atoms with Gasteiger partial charge in [-0.15, -0.1) is 0 Å². The smallest absolute Gasteiger partial charge is 0.281 e. The van der Waals surface area contributed by atoms with Crippen LogP contribution in [0.5, 0.6) is 5.75 Å². The highest BCUT2D eigenvalue weighted by Gasteiger charge is 2.13. The Hall–Kier alpha value is -2.83. The van der Waals surface area contributed by atoms with Crippen LogP contribution in [0, 0.1) is 0 Å². The summed E-state index contributed by atoms with van der Waals surface area (Å²) in [5, 5.41) is 3.05. The van der Waals surface area contributed by atoms with Crippen LogP contribution in [0.2, 0.25) is 5.02 Å². The summed E-state index contributed by atoms with van der Waals surface area (Å²) in [7, 11) is 1.56. The average molecular weight is 346 g/mol. The number of halogens is 1. The molecule has 0 radical (unpaired) electrons. The van der Waals surface area contributed by atoms with Crippen molar-refractivity contribution in [2.45, 2.75) is 0 Å². The number of hydrogen-bond acceptors (Lipinski definition) is 4. The number of rotatable bonds is 5. The highest BCUT2D eigenvalue weighted by atomic mass is 35.5. The van der Waals surface area contributed by atoms with E-state index in [1.54, 1.807) is 55.6 Å². The summed E-state index contributed by atoms with van der Waals surface area (Å²) in [6, 6.07) is 13.3. The molecule has 2 aromatic carbocycles. The van der Waals surface area contributed by atoms with Crippen molar-refractivity contribution in [1.29, 1.82) is 0 Å². The molecule has 2 aromatic rings. The van der Waals surface area contributed by atoms with E-state index in [2.05, 4.69) is 5.32 Å². The van der Waals surface area contributed by atoms with Crippen molar-refractivity contribution in [1.82, 2.24) is 10.7 Å². The lowest BCUT2D eigenvalue weighted by atomic mass is 10.1. The van der Waals surface area contributed by atoms with E-state index in [-0.39, 0.29) is 5.70 Å². The Balaban J connectivity index is 2.24. The predicted octanol–water partition coefficient (Wildman–Crippen LogP) is 2.11. The molecule has 0 spiro atoms. The van der Waals surface area contributed by atoms with Crippen LogP contribution in [-0.4, -0.2) is 18.9 Å². The molecule has 124 valence electrons. The van der Waals surface area contributed by atoms with E-state index >= 15 is 0 Å². The Kier molecular flexibility index (Phi) is 5.95.